The van der Waals surface area contributed by atoms with Gasteiger partial charge in [0.25, 0.3) is 5.91 Å². The highest BCUT2D eigenvalue weighted by Crippen LogP contribution is 2.35. The maximum atomic E-state index is 12.6. The molecule has 1 aliphatic rings. The highest BCUT2D eigenvalue weighted by molar-refractivity contribution is 6.34. The maximum Gasteiger partial charge on any atom is 0.255 e. The van der Waals surface area contributed by atoms with Crippen LogP contribution in [0.4, 0.5) is 11.4 Å². The zero-order chi connectivity index (χ0) is 16.9. The first kappa shape index (κ1) is 16.7. The summed E-state index contributed by atoms with van der Waals surface area (Å²) in [7, 11) is 1.59. The molecular formula is C19H21ClN2O2. The second-order valence-electron chi connectivity index (χ2n) is 5.87. The SMILES string of the molecule is COc1cccc(C(=O)Nc2cccc(Cl)c2N2CCCCC2)c1. The Balaban J connectivity index is 1.86. The molecule has 0 atom stereocenters. The van der Waals surface area contributed by atoms with Gasteiger partial charge >= 0.3 is 0 Å². The number of piperidine rings is 1. The van der Waals surface area contributed by atoms with Crippen molar-refractivity contribution in [2.45, 2.75) is 19.3 Å². The molecule has 0 spiro atoms. The van der Waals surface area contributed by atoms with Crippen molar-refractivity contribution in [3.63, 3.8) is 0 Å². The first-order chi connectivity index (χ1) is 11.7. The zero-order valence-electron chi connectivity index (χ0n) is 13.7. The lowest BCUT2D eigenvalue weighted by Gasteiger charge is -2.31. The molecule has 4 nitrogen and oxygen atoms in total. The fourth-order valence-electron chi connectivity index (χ4n) is 3.01. The van der Waals surface area contributed by atoms with Crippen LogP contribution in [0.1, 0.15) is 29.6 Å². The molecule has 2 aromatic rings. The predicted octanol–water partition coefficient (Wildman–Crippen LogP) is 4.59. The molecule has 1 aliphatic heterocycles. The Labute approximate surface area is 147 Å². The second kappa shape index (κ2) is 7.58. The van der Waals surface area contributed by atoms with E-state index in [0.717, 1.165) is 37.3 Å². The maximum absolute atomic E-state index is 12.6. The van der Waals surface area contributed by atoms with Gasteiger partial charge in [-0.05, 0) is 49.6 Å². The van der Waals surface area contributed by atoms with Crippen LogP contribution in [0.5, 0.6) is 5.75 Å². The smallest absolute Gasteiger partial charge is 0.255 e. The van der Waals surface area contributed by atoms with Crippen LogP contribution in [0.3, 0.4) is 0 Å². The Morgan fingerprint density at radius 3 is 2.62 bits per heavy atom. The minimum Gasteiger partial charge on any atom is -0.497 e. The quantitative estimate of drug-likeness (QED) is 0.881. The van der Waals surface area contributed by atoms with Crippen molar-refractivity contribution in [1.82, 2.24) is 0 Å². The Bertz CT molecular complexity index is 727. The monoisotopic (exact) mass is 344 g/mol. The van der Waals surface area contributed by atoms with Crippen molar-refractivity contribution in [2.75, 3.05) is 30.4 Å². The van der Waals surface area contributed by atoms with E-state index in [9.17, 15) is 4.79 Å². The predicted molar refractivity (Wildman–Crippen MR) is 98.5 cm³/mol. The number of anilines is 2. The molecule has 1 N–H and O–H groups in total. The average Bonchev–Trinajstić information content (AvgIpc) is 2.62. The number of ether oxygens (including phenoxy) is 1. The number of nitrogens with one attached hydrogen (secondary N) is 1. The summed E-state index contributed by atoms with van der Waals surface area (Å²) in [6, 6.07) is 12.7. The van der Waals surface area contributed by atoms with E-state index in [0.29, 0.717) is 16.3 Å². The molecule has 0 aliphatic carbocycles. The van der Waals surface area contributed by atoms with E-state index < -0.39 is 0 Å². The summed E-state index contributed by atoms with van der Waals surface area (Å²) in [5.41, 5.74) is 2.21. The number of para-hydroxylation sites is 1. The van der Waals surface area contributed by atoms with Gasteiger partial charge in [-0.15, -0.1) is 0 Å². The normalized spacial score (nSPS) is 14.3. The summed E-state index contributed by atoms with van der Waals surface area (Å²) in [5.74, 6) is 0.486. The standard InChI is InChI=1S/C19H21ClN2O2/c1-24-15-8-5-7-14(13-15)19(23)21-17-10-6-9-16(20)18(17)22-11-3-2-4-12-22/h5-10,13H,2-4,11-12H2,1H3,(H,21,23). The van der Waals surface area contributed by atoms with E-state index in [1.807, 2.05) is 24.3 Å². The Morgan fingerprint density at radius 1 is 1.12 bits per heavy atom. The van der Waals surface area contributed by atoms with Gasteiger partial charge < -0.3 is 15.0 Å². The van der Waals surface area contributed by atoms with E-state index in [1.54, 1.807) is 25.3 Å². The summed E-state index contributed by atoms with van der Waals surface area (Å²) >= 11 is 6.43. The molecule has 1 fully saturated rings. The summed E-state index contributed by atoms with van der Waals surface area (Å²) in [4.78, 5) is 14.9. The van der Waals surface area contributed by atoms with Gasteiger partial charge in [0.05, 0.1) is 23.5 Å². The van der Waals surface area contributed by atoms with E-state index in [2.05, 4.69) is 10.2 Å². The molecule has 24 heavy (non-hydrogen) atoms. The summed E-state index contributed by atoms with van der Waals surface area (Å²) in [6.45, 7) is 1.93. The molecule has 3 rings (SSSR count). The van der Waals surface area contributed by atoms with E-state index in [4.69, 9.17) is 16.3 Å². The van der Waals surface area contributed by atoms with Crippen molar-refractivity contribution in [1.29, 1.82) is 0 Å². The molecule has 5 heteroatoms. The number of nitrogens with zero attached hydrogens (tertiary/aromatic N) is 1. The van der Waals surface area contributed by atoms with Crippen LogP contribution in [0.15, 0.2) is 42.5 Å². The largest absolute Gasteiger partial charge is 0.497 e. The highest BCUT2D eigenvalue weighted by atomic mass is 35.5. The van der Waals surface area contributed by atoms with E-state index in [-0.39, 0.29) is 5.91 Å². The number of hydrogen-bond acceptors (Lipinski definition) is 3. The van der Waals surface area contributed by atoms with Gasteiger partial charge in [0, 0.05) is 18.7 Å². The molecular weight excluding hydrogens is 324 g/mol. The van der Waals surface area contributed by atoms with Crippen molar-refractivity contribution in [2.24, 2.45) is 0 Å². The van der Waals surface area contributed by atoms with Gasteiger partial charge in [-0.2, -0.15) is 0 Å². The third-order valence-electron chi connectivity index (χ3n) is 4.24. The minimum absolute atomic E-state index is 0.172. The fraction of sp³-hybridized carbons (Fsp3) is 0.316. The third kappa shape index (κ3) is 3.65. The fourth-order valence-corrected chi connectivity index (χ4v) is 3.31. The van der Waals surface area contributed by atoms with E-state index in [1.165, 1.54) is 6.42 Å². The van der Waals surface area contributed by atoms with Crippen LogP contribution in [-0.4, -0.2) is 26.1 Å². The van der Waals surface area contributed by atoms with Crippen LogP contribution in [-0.2, 0) is 0 Å². The lowest BCUT2D eigenvalue weighted by Crippen LogP contribution is -2.30. The van der Waals surface area contributed by atoms with Gasteiger partial charge in [0.15, 0.2) is 0 Å². The van der Waals surface area contributed by atoms with Crippen LogP contribution in [0, 0.1) is 0 Å². The van der Waals surface area contributed by atoms with Crippen molar-refractivity contribution < 1.29 is 9.53 Å². The van der Waals surface area contributed by atoms with Crippen LogP contribution in [0.25, 0.3) is 0 Å². The molecule has 0 radical (unpaired) electrons. The van der Waals surface area contributed by atoms with Crippen LogP contribution >= 0.6 is 11.6 Å². The average molecular weight is 345 g/mol. The molecule has 0 bridgehead atoms. The van der Waals surface area contributed by atoms with Gasteiger partial charge in [-0.25, -0.2) is 0 Å². The van der Waals surface area contributed by atoms with Gasteiger partial charge in [0.1, 0.15) is 5.75 Å². The number of benzene rings is 2. The minimum atomic E-state index is -0.172. The first-order valence-corrected chi connectivity index (χ1v) is 8.55. The molecule has 0 unspecified atom stereocenters. The van der Waals surface area contributed by atoms with Crippen molar-refractivity contribution in [3.8, 4) is 5.75 Å². The molecule has 1 heterocycles. The summed E-state index contributed by atoms with van der Waals surface area (Å²) in [5, 5.41) is 3.66. The zero-order valence-corrected chi connectivity index (χ0v) is 14.5. The summed E-state index contributed by atoms with van der Waals surface area (Å²) in [6.07, 6.45) is 3.54. The molecule has 0 saturated carbocycles. The molecule has 2 aromatic carbocycles. The van der Waals surface area contributed by atoms with Gasteiger partial charge in [-0.3, -0.25) is 4.79 Å². The molecule has 1 amide bonds. The van der Waals surface area contributed by atoms with E-state index >= 15 is 0 Å². The van der Waals surface area contributed by atoms with Gasteiger partial charge in [0.2, 0.25) is 0 Å². The molecule has 126 valence electrons. The van der Waals surface area contributed by atoms with Crippen LogP contribution in [0.2, 0.25) is 5.02 Å². The number of methoxy groups -OCH3 is 1. The third-order valence-corrected chi connectivity index (χ3v) is 4.54. The molecule has 0 aromatic heterocycles. The molecule has 1 saturated heterocycles. The first-order valence-electron chi connectivity index (χ1n) is 8.18. The summed E-state index contributed by atoms with van der Waals surface area (Å²) < 4.78 is 5.18. The lowest BCUT2D eigenvalue weighted by molar-refractivity contribution is 0.102. The second-order valence-corrected chi connectivity index (χ2v) is 6.28. The topological polar surface area (TPSA) is 41.6 Å². The number of halogens is 1. The number of carbonyl (C=O) groups excluding carboxylic acids is 1. The van der Waals surface area contributed by atoms with Gasteiger partial charge in [-0.1, -0.05) is 23.7 Å². The Morgan fingerprint density at radius 2 is 1.88 bits per heavy atom. The number of amides is 1. The lowest BCUT2D eigenvalue weighted by atomic mass is 10.1. The van der Waals surface area contributed by atoms with Crippen molar-refractivity contribution in [3.05, 3.63) is 53.1 Å². The van der Waals surface area contributed by atoms with Crippen molar-refractivity contribution >= 4 is 28.9 Å². The van der Waals surface area contributed by atoms with Crippen LogP contribution < -0.4 is 15.0 Å². The Kier molecular flexibility index (Phi) is 5.26. The number of carbonyl (C=O) groups is 1. The number of rotatable bonds is 4. The number of hydrogen-bond donors (Lipinski definition) is 1. The Hall–Kier alpha value is -2.20. The highest BCUT2D eigenvalue weighted by Gasteiger charge is 2.19.